The van der Waals surface area contributed by atoms with E-state index < -0.39 is 11.9 Å². The number of carbonyl (C=O) groups is 2. The van der Waals surface area contributed by atoms with Gasteiger partial charge < -0.3 is 9.15 Å². The molecule has 0 aliphatic rings. The molecule has 0 aliphatic carbocycles. The predicted octanol–water partition coefficient (Wildman–Crippen LogP) is 1.81. The molecule has 0 aliphatic heterocycles. The Hall–Kier alpha value is -2.00. The summed E-state index contributed by atoms with van der Waals surface area (Å²) in [4.78, 5) is 22.8. The third kappa shape index (κ3) is 2.81. The highest BCUT2D eigenvalue weighted by atomic mass is 35.5. The highest BCUT2D eigenvalue weighted by molar-refractivity contribution is 6.19. The number of alkyl halides is 1. The number of esters is 1. The Kier molecular flexibility index (Phi) is 4.75. The van der Waals surface area contributed by atoms with Gasteiger partial charge in [-0.25, -0.2) is 4.79 Å². The maximum atomic E-state index is 11.5. The number of hydrogen-bond acceptors (Lipinski definition) is 5. The minimum absolute atomic E-state index is 0.0150. The van der Waals surface area contributed by atoms with E-state index >= 15 is 0 Å². The number of ether oxygens (including phenoxy) is 1. The van der Waals surface area contributed by atoms with Gasteiger partial charge in [-0.1, -0.05) is 0 Å². The van der Waals surface area contributed by atoms with Gasteiger partial charge in [0.25, 0.3) is 0 Å². The number of furan rings is 1. The third-order valence-electron chi connectivity index (χ3n) is 2.16. The van der Waals surface area contributed by atoms with Crippen molar-refractivity contribution in [2.24, 2.45) is 0 Å². The van der Waals surface area contributed by atoms with Gasteiger partial charge in [-0.05, 0) is 6.92 Å². The van der Waals surface area contributed by atoms with Crippen LogP contribution in [0.3, 0.4) is 0 Å². The summed E-state index contributed by atoms with van der Waals surface area (Å²) >= 11 is 5.42. The third-order valence-corrected chi connectivity index (χ3v) is 2.35. The van der Waals surface area contributed by atoms with Crippen LogP contribution in [0.15, 0.2) is 4.42 Å². The minimum atomic E-state index is -0.689. The van der Waals surface area contributed by atoms with E-state index in [2.05, 4.69) is 10.1 Å². The summed E-state index contributed by atoms with van der Waals surface area (Å²) in [6.45, 7) is 1.50. The van der Waals surface area contributed by atoms with Crippen LogP contribution in [0, 0.1) is 18.3 Å². The minimum Gasteiger partial charge on any atom is -0.465 e. The molecule has 6 nitrogen and oxygen atoms in total. The van der Waals surface area contributed by atoms with Crippen molar-refractivity contribution in [1.82, 2.24) is 0 Å². The van der Waals surface area contributed by atoms with Crippen molar-refractivity contribution in [3.63, 3.8) is 0 Å². The second kappa shape index (κ2) is 6.07. The average Bonchev–Trinajstić information content (AvgIpc) is 2.64. The molecule has 96 valence electrons. The summed E-state index contributed by atoms with van der Waals surface area (Å²) in [5.41, 5.74) is -0.0385. The SMILES string of the molecule is COC(=O)c1c(C)oc(NC(=O)CCCl)c1C#N. The topological polar surface area (TPSA) is 92.3 Å². The lowest BCUT2D eigenvalue weighted by atomic mass is 10.1. The standard InChI is InChI=1S/C11H11ClN2O4/c1-6-9(11(16)17-2)7(5-13)10(18-6)14-8(15)3-4-12/h3-4H2,1-2H3,(H,14,15). The number of nitrogens with zero attached hydrogens (tertiary/aromatic N) is 1. The molecule has 1 amide bonds. The molecule has 0 bridgehead atoms. The van der Waals surface area contributed by atoms with E-state index in [0.29, 0.717) is 0 Å². The summed E-state index contributed by atoms with van der Waals surface area (Å²) in [5.74, 6) is -0.792. The van der Waals surface area contributed by atoms with Crippen molar-refractivity contribution in [3.05, 3.63) is 16.9 Å². The molecule has 0 atom stereocenters. The largest absolute Gasteiger partial charge is 0.465 e. The number of hydrogen-bond donors (Lipinski definition) is 1. The van der Waals surface area contributed by atoms with Crippen LogP contribution in [0.4, 0.5) is 5.88 Å². The van der Waals surface area contributed by atoms with E-state index in [4.69, 9.17) is 21.3 Å². The van der Waals surface area contributed by atoms with Crippen LogP contribution in [0.2, 0.25) is 0 Å². The molecular weight excluding hydrogens is 260 g/mol. The Morgan fingerprint density at radius 1 is 1.56 bits per heavy atom. The maximum absolute atomic E-state index is 11.5. The van der Waals surface area contributed by atoms with Gasteiger partial charge in [0, 0.05) is 12.3 Å². The fraction of sp³-hybridized carbons (Fsp3) is 0.364. The molecule has 0 aromatic carbocycles. The highest BCUT2D eigenvalue weighted by Gasteiger charge is 2.25. The number of nitrogens with one attached hydrogen (secondary N) is 1. The van der Waals surface area contributed by atoms with Gasteiger partial charge in [0.2, 0.25) is 11.8 Å². The quantitative estimate of drug-likeness (QED) is 0.665. The second-order valence-corrected chi connectivity index (χ2v) is 3.71. The predicted molar refractivity (Wildman–Crippen MR) is 63.5 cm³/mol. The second-order valence-electron chi connectivity index (χ2n) is 3.33. The maximum Gasteiger partial charge on any atom is 0.342 e. The molecule has 1 aromatic rings. The Morgan fingerprint density at radius 2 is 2.22 bits per heavy atom. The van der Waals surface area contributed by atoms with Crippen LogP contribution in [0.1, 0.15) is 28.1 Å². The Balaban J connectivity index is 3.12. The van der Waals surface area contributed by atoms with Crippen LogP contribution in [-0.2, 0) is 9.53 Å². The molecule has 7 heteroatoms. The van der Waals surface area contributed by atoms with Gasteiger partial charge in [0.05, 0.1) is 7.11 Å². The monoisotopic (exact) mass is 270 g/mol. The fourth-order valence-electron chi connectivity index (χ4n) is 1.36. The van der Waals surface area contributed by atoms with E-state index in [1.165, 1.54) is 14.0 Å². The Bertz CT molecular complexity index is 516. The lowest BCUT2D eigenvalue weighted by Gasteiger charge is -1.99. The lowest BCUT2D eigenvalue weighted by Crippen LogP contribution is -2.12. The first-order valence-corrected chi connectivity index (χ1v) is 5.56. The molecule has 0 radical (unpaired) electrons. The van der Waals surface area contributed by atoms with Gasteiger partial charge in [-0.15, -0.1) is 11.6 Å². The summed E-state index contributed by atoms with van der Waals surface area (Å²) < 4.78 is 9.72. The molecule has 1 N–H and O–H groups in total. The van der Waals surface area contributed by atoms with Crippen molar-refractivity contribution < 1.29 is 18.7 Å². The first-order chi connectivity index (χ1) is 8.54. The fourth-order valence-corrected chi connectivity index (χ4v) is 1.53. The highest BCUT2D eigenvalue weighted by Crippen LogP contribution is 2.27. The summed E-state index contributed by atoms with van der Waals surface area (Å²) in [5, 5.41) is 11.4. The zero-order valence-electron chi connectivity index (χ0n) is 9.87. The van der Waals surface area contributed by atoms with Gasteiger partial charge >= 0.3 is 5.97 Å². The zero-order chi connectivity index (χ0) is 13.7. The first kappa shape index (κ1) is 14.1. The number of amides is 1. The molecule has 0 saturated carbocycles. The lowest BCUT2D eigenvalue weighted by molar-refractivity contribution is -0.115. The van der Waals surface area contributed by atoms with Crippen LogP contribution >= 0.6 is 11.6 Å². The smallest absolute Gasteiger partial charge is 0.342 e. The van der Waals surface area contributed by atoms with Crippen molar-refractivity contribution in [2.75, 3.05) is 18.3 Å². The molecular formula is C11H11ClN2O4. The van der Waals surface area contributed by atoms with Crippen LogP contribution in [0.25, 0.3) is 0 Å². The number of nitriles is 1. The van der Waals surface area contributed by atoms with Crippen LogP contribution in [0.5, 0.6) is 0 Å². The number of aryl methyl sites for hydroxylation is 1. The molecule has 0 fully saturated rings. The first-order valence-electron chi connectivity index (χ1n) is 5.02. The molecule has 0 unspecified atom stereocenters. The summed E-state index contributed by atoms with van der Waals surface area (Å²) in [6, 6.07) is 1.81. The Morgan fingerprint density at radius 3 is 2.72 bits per heavy atom. The van der Waals surface area contributed by atoms with Crippen molar-refractivity contribution in [2.45, 2.75) is 13.3 Å². The molecule has 1 heterocycles. The van der Waals surface area contributed by atoms with E-state index in [-0.39, 0.29) is 35.1 Å². The normalized spacial score (nSPS) is 9.67. The van der Waals surface area contributed by atoms with E-state index in [9.17, 15) is 9.59 Å². The van der Waals surface area contributed by atoms with Crippen LogP contribution < -0.4 is 5.32 Å². The molecule has 18 heavy (non-hydrogen) atoms. The van der Waals surface area contributed by atoms with Gasteiger partial charge in [0.15, 0.2) is 0 Å². The van der Waals surface area contributed by atoms with Crippen molar-refractivity contribution in [1.29, 1.82) is 5.26 Å². The Labute approximate surface area is 108 Å². The zero-order valence-corrected chi connectivity index (χ0v) is 10.6. The molecule has 1 aromatic heterocycles. The molecule has 0 spiro atoms. The van der Waals surface area contributed by atoms with Crippen molar-refractivity contribution >= 4 is 29.4 Å². The average molecular weight is 271 g/mol. The number of carbonyl (C=O) groups excluding carboxylic acids is 2. The number of halogens is 1. The van der Waals surface area contributed by atoms with Gasteiger partial charge in [0.1, 0.15) is 23.0 Å². The van der Waals surface area contributed by atoms with Gasteiger partial charge in [-0.2, -0.15) is 5.26 Å². The molecule has 1 rings (SSSR count). The van der Waals surface area contributed by atoms with Crippen molar-refractivity contribution in [3.8, 4) is 6.07 Å². The van der Waals surface area contributed by atoms with E-state index in [1.807, 2.05) is 0 Å². The van der Waals surface area contributed by atoms with Gasteiger partial charge in [-0.3, -0.25) is 10.1 Å². The molecule has 0 saturated heterocycles. The summed E-state index contributed by atoms with van der Waals surface area (Å²) in [6.07, 6.45) is 0.0831. The number of rotatable bonds is 4. The summed E-state index contributed by atoms with van der Waals surface area (Å²) in [7, 11) is 1.20. The number of methoxy groups -OCH3 is 1. The van der Waals surface area contributed by atoms with Crippen LogP contribution in [-0.4, -0.2) is 24.9 Å². The number of anilines is 1. The van der Waals surface area contributed by atoms with E-state index in [0.717, 1.165) is 0 Å². The van der Waals surface area contributed by atoms with E-state index in [1.54, 1.807) is 6.07 Å².